The maximum absolute atomic E-state index is 12.2. The number of benzene rings is 2. The van der Waals surface area contributed by atoms with Crippen molar-refractivity contribution in [3.8, 4) is 0 Å². The van der Waals surface area contributed by atoms with Crippen molar-refractivity contribution in [1.29, 1.82) is 0 Å². The van der Waals surface area contributed by atoms with Crippen LogP contribution in [0, 0.1) is 0 Å². The molecule has 0 atom stereocenters. The zero-order chi connectivity index (χ0) is 20.9. The number of anilines is 1. The third-order valence-corrected chi connectivity index (χ3v) is 6.28. The molecule has 8 heteroatoms. The molecule has 29 heavy (non-hydrogen) atoms. The van der Waals surface area contributed by atoms with Crippen molar-refractivity contribution in [1.82, 2.24) is 10.2 Å². The molecule has 1 heterocycles. The van der Waals surface area contributed by atoms with Crippen molar-refractivity contribution >= 4 is 21.8 Å². The van der Waals surface area contributed by atoms with Gasteiger partial charge in [0, 0.05) is 0 Å². The van der Waals surface area contributed by atoms with Gasteiger partial charge in [-0.2, -0.15) is 0 Å². The standard InChI is InChI=1S/C21H23N3O4S/c1-3-15-5-7-17(8-6-15)14-20-23-24-21(28-20)22-19(25)13-16-9-11-18(12-10-16)29(26,27)4-2/h5-12H,3-4,13-14H2,1-2H3,(H,22,24,25). The zero-order valence-electron chi connectivity index (χ0n) is 16.4. The minimum atomic E-state index is -3.25. The van der Waals surface area contributed by atoms with Crippen LogP contribution in [0.3, 0.4) is 0 Å². The summed E-state index contributed by atoms with van der Waals surface area (Å²) in [6.07, 6.45) is 1.54. The molecule has 1 amide bonds. The maximum atomic E-state index is 12.2. The first kappa shape index (κ1) is 20.7. The van der Waals surface area contributed by atoms with Gasteiger partial charge in [0.2, 0.25) is 11.8 Å². The van der Waals surface area contributed by atoms with Crippen molar-refractivity contribution in [2.24, 2.45) is 0 Å². The Morgan fingerprint density at radius 1 is 0.931 bits per heavy atom. The smallest absolute Gasteiger partial charge is 0.322 e. The number of carbonyl (C=O) groups is 1. The molecule has 0 saturated carbocycles. The van der Waals surface area contributed by atoms with Gasteiger partial charge in [-0.1, -0.05) is 55.3 Å². The Morgan fingerprint density at radius 2 is 1.55 bits per heavy atom. The summed E-state index contributed by atoms with van der Waals surface area (Å²) in [5, 5.41) is 10.4. The number of rotatable bonds is 8. The van der Waals surface area contributed by atoms with Gasteiger partial charge in [-0.15, -0.1) is 5.10 Å². The van der Waals surface area contributed by atoms with E-state index in [-0.39, 0.29) is 29.0 Å². The van der Waals surface area contributed by atoms with Gasteiger partial charge in [0.25, 0.3) is 0 Å². The predicted molar refractivity (Wildman–Crippen MR) is 109 cm³/mol. The van der Waals surface area contributed by atoms with E-state index in [1.807, 2.05) is 12.1 Å². The van der Waals surface area contributed by atoms with Crippen molar-refractivity contribution in [3.63, 3.8) is 0 Å². The number of nitrogens with zero attached hydrogens (tertiary/aromatic N) is 2. The summed E-state index contributed by atoms with van der Waals surface area (Å²) < 4.78 is 29.2. The van der Waals surface area contributed by atoms with E-state index >= 15 is 0 Å². The predicted octanol–water partition coefficient (Wildman–Crippen LogP) is 3.20. The Hall–Kier alpha value is -3.00. The van der Waals surface area contributed by atoms with E-state index < -0.39 is 9.84 Å². The highest BCUT2D eigenvalue weighted by Gasteiger charge is 2.13. The first-order chi connectivity index (χ1) is 13.9. The lowest BCUT2D eigenvalue weighted by molar-refractivity contribution is -0.115. The van der Waals surface area contributed by atoms with Gasteiger partial charge in [0.1, 0.15) is 0 Å². The highest BCUT2D eigenvalue weighted by molar-refractivity contribution is 7.91. The van der Waals surface area contributed by atoms with E-state index in [2.05, 4.69) is 34.6 Å². The van der Waals surface area contributed by atoms with E-state index in [1.54, 1.807) is 19.1 Å². The number of hydrogen-bond acceptors (Lipinski definition) is 6. The average Bonchev–Trinajstić information content (AvgIpc) is 3.15. The number of hydrogen-bond donors (Lipinski definition) is 1. The minimum Gasteiger partial charge on any atom is -0.407 e. The summed E-state index contributed by atoms with van der Waals surface area (Å²) in [5.74, 6) is 0.131. The largest absolute Gasteiger partial charge is 0.407 e. The van der Waals surface area contributed by atoms with Gasteiger partial charge in [-0.05, 0) is 35.2 Å². The molecule has 0 saturated heterocycles. The second-order valence-electron chi connectivity index (χ2n) is 6.62. The molecule has 0 bridgehead atoms. The van der Waals surface area contributed by atoms with E-state index in [1.165, 1.54) is 17.7 Å². The molecule has 0 fully saturated rings. The van der Waals surface area contributed by atoms with Crippen molar-refractivity contribution in [3.05, 3.63) is 71.1 Å². The fourth-order valence-corrected chi connectivity index (χ4v) is 3.66. The lowest BCUT2D eigenvalue weighted by Crippen LogP contribution is -2.14. The van der Waals surface area contributed by atoms with Crippen LogP contribution in [-0.4, -0.2) is 30.3 Å². The topological polar surface area (TPSA) is 102 Å². The van der Waals surface area contributed by atoms with Gasteiger partial charge in [0.05, 0.1) is 23.5 Å². The van der Waals surface area contributed by atoms with Gasteiger partial charge < -0.3 is 4.42 Å². The molecule has 0 radical (unpaired) electrons. The van der Waals surface area contributed by atoms with Crippen LogP contribution in [0.1, 0.15) is 36.4 Å². The fraction of sp³-hybridized carbons (Fsp3) is 0.286. The summed E-state index contributed by atoms with van der Waals surface area (Å²) in [6, 6.07) is 14.5. The van der Waals surface area contributed by atoms with Crippen molar-refractivity contribution in [2.75, 3.05) is 11.1 Å². The molecule has 3 aromatic rings. The summed E-state index contributed by atoms with van der Waals surface area (Å²) in [6.45, 7) is 3.69. The summed E-state index contributed by atoms with van der Waals surface area (Å²) in [4.78, 5) is 12.4. The zero-order valence-corrected chi connectivity index (χ0v) is 17.2. The van der Waals surface area contributed by atoms with Crippen LogP contribution in [0.15, 0.2) is 57.8 Å². The monoisotopic (exact) mass is 413 g/mol. The lowest BCUT2D eigenvalue weighted by atomic mass is 10.1. The summed E-state index contributed by atoms with van der Waals surface area (Å²) >= 11 is 0. The molecular formula is C21H23N3O4S. The number of aryl methyl sites for hydroxylation is 1. The van der Waals surface area contributed by atoms with Crippen LogP contribution >= 0.6 is 0 Å². The number of carbonyl (C=O) groups excluding carboxylic acids is 1. The van der Waals surface area contributed by atoms with Crippen molar-refractivity contribution in [2.45, 2.75) is 38.0 Å². The quantitative estimate of drug-likeness (QED) is 0.608. The third-order valence-electron chi connectivity index (χ3n) is 4.53. The van der Waals surface area contributed by atoms with Crippen LogP contribution in [0.5, 0.6) is 0 Å². The van der Waals surface area contributed by atoms with Crippen LogP contribution < -0.4 is 5.32 Å². The molecule has 0 aliphatic heterocycles. The molecule has 1 aromatic heterocycles. The highest BCUT2D eigenvalue weighted by Crippen LogP contribution is 2.15. The van der Waals surface area contributed by atoms with Crippen LogP contribution in [0.2, 0.25) is 0 Å². The van der Waals surface area contributed by atoms with E-state index in [9.17, 15) is 13.2 Å². The summed E-state index contributed by atoms with van der Waals surface area (Å²) in [5.41, 5.74) is 2.99. The second-order valence-corrected chi connectivity index (χ2v) is 8.90. The number of aromatic nitrogens is 2. The lowest BCUT2D eigenvalue weighted by Gasteiger charge is -2.04. The molecule has 152 valence electrons. The molecule has 0 unspecified atom stereocenters. The van der Waals surface area contributed by atoms with Crippen molar-refractivity contribution < 1.29 is 17.6 Å². The second kappa shape index (κ2) is 9.00. The SMILES string of the molecule is CCc1ccc(Cc2nnc(NC(=O)Cc3ccc(S(=O)(=O)CC)cc3)o2)cc1. The first-order valence-electron chi connectivity index (χ1n) is 9.41. The number of nitrogens with one attached hydrogen (secondary N) is 1. The Kier molecular flexibility index (Phi) is 6.43. The summed E-state index contributed by atoms with van der Waals surface area (Å²) in [7, 11) is -3.25. The molecule has 7 nitrogen and oxygen atoms in total. The Morgan fingerprint density at radius 3 is 2.17 bits per heavy atom. The highest BCUT2D eigenvalue weighted by atomic mass is 32.2. The van der Waals surface area contributed by atoms with Crippen LogP contribution in [-0.2, 0) is 33.9 Å². The van der Waals surface area contributed by atoms with E-state index in [0.29, 0.717) is 17.9 Å². The van der Waals surface area contributed by atoms with E-state index in [4.69, 9.17) is 4.42 Å². The van der Waals surface area contributed by atoms with Crippen LogP contribution in [0.25, 0.3) is 0 Å². The molecule has 1 N–H and O–H groups in total. The van der Waals surface area contributed by atoms with Crippen LogP contribution in [0.4, 0.5) is 6.01 Å². The molecular weight excluding hydrogens is 390 g/mol. The van der Waals surface area contributed by atoms with Gasteiger partial charge >= 0.3 is 6.01 Å². The molecule has 0 aliphatic rings. The normalized spacial score (nSPS) is 11.4. The Bertz CT molecular complexity index is 1070. The maximum Gasteiger partial charge on any atom is 0.322 e. The fourth-order valence-electron chi connectivity index (χ4n) is 2.77. The minimum absolute atomic E-state index is 0.0368. The number of sulfone groups is 1. The molecule has 0 aliphatic carbocycles. The van der Waals surface area contributed by atoms with Gasteiger partial charge in [0.15, 0.2) is 9.84 Å². The molecule has 3 rings (SSSR count). The number of amides is 1. The Balaban J connectivity index is 1.57. The van der Waals surface area contributed by atoms with Gasteiger partial charge in [-0.25, -0.2) is 8.42 Å². The molecule has 2 aromatic carbocycles. The van der Waals surface area contributed by atoms with E-state index in [0.717, 1.165) is 12.0 Å². The van der Waals surface area contributed by atoms with Gasteiger partial charge in [-0.3, -0.25) is 10.1 Å². The average molecular weight is 413 g/mol. The Labute approximate surface area is 170 Å². The first-order valence-corrected chi connectivity index (χ1v) is 11.1. The third kappa shape index (κ3) is 5.51. The molecule has 0 spiro atoms.